The van der Waals surface area contributed by atoms with E-state index in [-0.39, 0.29) is 17.9 Å². The normalized spacial score (nSPS) is 20.4. The molecule has 7 nitrogen and oxygen atoms in total. The molecule has 0 radical (unpaired) electrons. The molecule has 2 aromatic rings. The van der Waals surface area contributed by atoms with Crippen LogP contribution in [0.25, 0.3) is 0 Å². The zero-order valence-corrected chi connectivity index (χ0v) is 17.4. The summed E-state index contributed by atoms with van der Waals surface area (Å²) in [6, 6.07) is 9.61. The Balaban J connectivity index is 1.46. The third-order valence-corrected chi connectivity index (χ3v) is 5.71. The number of rotatable bonds is 4. The number of benzene rings is 1. The second-order valence-corrected chi connectivity index (χ2v) is 7.96. The largest absolute Gasteiger partial charge is 0.409 e. The van der Waals surface area contributed by atoms with Gasteiger partial charge in [-0.3, -0.25) is 29.3 Å². The first-order valence-corrected chi connectivity index (χ1v) is 10.4. The van der Waals surface area contributed by atoms with Crippen molar-refractivity contribution in [1.82, 2.24) is 14.8 Å². The fraction of sp³-hybridized carbons (Fsp3) is 0.409. The van der Waals surface area contributed by atoms with E-state index in [1.165, 1.54) is 12.1 Å². The minimum Gasteiger partial charge on any atom is -0.324 e. The van der Waals surface area contributed by atoms with Crippen LogP contribution in [0, 0.1) is 0 Å². The highest BCUT2D eigenvalue weighted by Gasteiger charge is 2.49. The maximum absolute atomic E-state index is 13.8. The van der Waals surface area contributed by atoms with Crippen LogP contribution in [0.5, 0.6) is 0 Å². The van der Waals surface area contributed by atoms with E-state index < -0.39 is 30.5 Å². The van der Waals surface area contributed by atoms with Crippen LogP contribution >= 0.6 is 0 Å². The topological polar surface area (TPSA) is 68.8 Å². The van der Waals surface area contributed by atoms with Crippen molar-refractivity contribution in [3.8, 4) is 0 Å². The number of piperazine rings is 1. The molecule has 3 heterocycles. The van der Waals surface area contributed by atoms with Gasteiger partial charge in [0.05, 0.1) is 30.0 Å². The Hall–Kier alpha value is -2.98. The number of pyridine rings is 1. The predicted molar refractivity (Wildman–Crippen MR) is 113 cm³/mol. The van der Waals surface area contributed by atoms with Gasteiger partial charge in [-0.25, -0.2) is 0 Å². The Morgan fingerprint density at radius 1 is 1.03 bits per heavy atom. The molecule has 1 aromatic carbocycles. The molecule has 170 valence electrons. The highest BCUT2D eigenvalue weighted by atomic mass is 19.4. The van der Waals surface area contributed by atoms with Gasteiger partial charge in [0.15, 0.2) is 0 Å². The van der Waals surface area contributed by atoms with E-state index in [1.54, 1.807) is 18.3 Å². The van der Waals surface area contributed by atoms with Gasteiger partial charge in [0.25, 0.3) is 0 Å². The summed E-state index contributed by atoms with van der Waals surface area (Å²) >= 11 is 0. The maximum atomic E-state index is 13.8. The number of halogens is 3. The molecule has 2 aliphatic rings. The number of hydrogen-bond donors (Lipinski definition) is 1. The number of amides is 2. The van der Waals surface area contributed by atoms with Crippen molar-refractivity contribution >= 4 is 23.2 Å². The van der Waals surface area contributed by atoms with Gasteiger partial charge in [0.1, 0.15) is 6.04 Å². The quantitative estimate of drug-likeness (QED) is 0.780. The summed E-state index contributed by atoms with van der Waals surface area (Å²) in [7, 11) is 0. The molecule has 2 aliphatic heterocycles. The SMILES string of the molecule is O=C1CC(C(F)(F)F)N(C(=O)CN2CCN(Cc3ccccn3)CC2)c2ccccc2N1. The number of alkyl halides is 3. The number of hydrogen-bond acceptors (Lipinski definition) is 5. The standard InChI is InChI=1S/C22H24F3N5O2/c23-22(24,25)19-13-20(31)27-17-6-1-2-7-18(17)30(19)21(32)15-29-11-9-28(10-12-29)14-16-5-3-4-8-26-16/h1-8,19H,9-15H2,(H,27,31). The summed E-state index contributed by atoms with van der Waals surface area (Å²) in [5, 5.41) is 2.48. The Morgan fingerprint density at radius 2 is 1.72 bits per heavy atom. The van der Waals surface area contributed by atoms with Crippen LogP contribution in [0.4, 0.5) is 24.5 Å². The van der Waals surface area contributed by atoms with Crippen LogP contribution in [-0.4, -0.2) is 71.5 Å². The fourth-order valence-electron chi connectivity index (χ4n) is 4.09. The lowest BCUT2D eigenvalue weighted by atomic mass is 10.1. The monoisotopic (exact) mass is 447 g/mol. The summed E-state index contributed by atoms with van der Waals surface area (Å²) in [6.07, 6.45) is -3.83. The Kier molecular flexibility index (Phi) is 6.43. The molecule has 1 atom stereocenters. The van der Waals surface area contributed by atoms with E-state index in [9.17, 15) is 22.8 Å². The first-order chi connectivity index (χ1) is 15.3. The van der Waals surface area contributed by atoms with Gasteiger partial charge in [-0.15, -0.1) is 0 Å². The van der Waals surface area contributed by atoms with E-state index in [0.29, 0.717) is 32.7 Å². The molecule has 0 aliphatic carbocycles. The molecular formula is C22H24F3N5O2. The molecular weight excluding hydrogens is 423 g/mol. The number of nitrogens with one attached hydrogen (secondary N) is 1. The smallest absolute Gasteiger partial charge is 0.324 e. The molecule has 1 N–H and O–H groups in total. The summed E-state index contributed by atoms with van der Waals surface area (Å²) in [4.78, 5) is 34.3. The predicted octanol–water partition coefficient (Wildman–Crippen LogP) is 2.51. The van der Waals surface area contributed by atoms with E-state index in [0.717, 1.165) is 10.6 Å². The van der Waals surface area contributed by atoms with Gasteiger partial charge < -0.3 is 5.32 Å². The molecule has 1 aromatic heterocycles. The van der Waals surface area contributed by atoms with Crippen molar-refractivity contribution in [2.75, 3.05) is 42.9 Å². The number of fused-ring (bicyclic) bond motifs is 1. The highest BCUT2D eigenvalue weighted by Crippen LogP contribution is 2.37. The molecule has 0 spiro atoms. The molecule has 1 fully saturated rings. The van der Waals surface area contributed by atoms with Crippen LogP contribution in [0.15, 0.2) is 48.7 Å². The third-order valence-electron chi connectivity index (χ3n) is 5.71. The second kappa shape index (κ2) is 9.25. The van der Waals surface area contributed by atoms with Crippen molar-refractivity contribution in [2.24, 2.45) is 0 Å². The zero-order chi connectivity index (χ0) is 22.7. The van der Waals surface area contributed by atoms with Crippen LogP contribution < -0.4 is 10.2 Å². The van der Waals surface area contributed by atoms with E-state index in [1.807, 2.05) is 23.1 Å². The van der Waals surface area contributed by atoms with Gasteiger partial charge >= 0.3 is 6.18 Å². The number of para-hydroxylation sites is 2. The summed E-state index contributed by atoms with van der Waals surface area (Å²) in [5.74, 6) is -1.44. The zero-order valence-electron chi connectivity index (χ0n) is 17.4. The summed E-state index contributed by atoms with van der Waals surface area (Å²) < 4.78 is 41.5. The Morgan fingerprint density at radius 3 is 2.41 bits per heavy atom. The van der Waals surface area contributed by atoms with Crippen molar-refractivity contribution in [2.45, 2.75) is 25.2 Å². The maximum Gasteiger partial charge on any atom is 0.409 e. The summed E-state index contributed by atoms with van der Waals surface area (Å²) in [6.45, 7) is 3.02. The summed E-state index contributed by atoms with van der Waals surface area (Å²) in [5.41, 5.74) is 1.22. The second-order valence-electron chi connectivity index (χ2n) is 7.96. The van der Waals surface area contributed by atoms with Gasteiger partial charge in [-0.05, 0) is 24.3 Å². The van der Waals surface area contributed by atoms with Crippen LogP contribution in [0.3, 0.4) is 0 Å². The third kappa shape index (κ3) is 5.08. The van der Waals surface area contributed by atoms with Crippen molar-refractivity contribution < 1.29 is 22.8 Å². The Bertz CT molecular complexity index is 962. The van der Waals surface area contributed by atoms with Crippen molar-refractivity contribution in [1.29, 1.82) is 0 Å². The number of carbonyl (C=O) groups is 2. The van der Waals surface area contributed by atoms with Crippen LogP contribution in [0.1, 0.15) is 12.1 Å². The molecule has 1 saturated heterocycles. The molecule has 1 unspecified atom stereocenters. The lowest BCUT2D eigenvalue weighted by Gasteiger charge is -2.37. The average molecular weight is 447 g/mol. The molecule has 0 bridgehead atoms. The molecule has 2 amide bonds. The van der Waals surface area contributed by atoms with E-state index >= 15 is 0 Å². The minimum atomic E-state index is -4.73. The number of carbonyl (C=O) groups excluding carboxylic acids is 2. The highest BCUT2D eigenvalue weighted by molar-refractivity contribution is 6.05. The lowest BCUT2D eigenvalue weighted by molar-refractivity contribution is -0.158. The van der Waals surface area contributed by atoms with E-state index in [2.05, 4.69) is 15.2 Å². The lowest BCUT2D eigenvalue weighted by Crippen LogP contribution is -2.54. The van der Waals surface area contributed by atoms with Crippen molar-refractivity contribution in [3.05, 3.63) is 54.4 Å². The molecule has 4 rings (SSSR count). The van der Waals surface area contributed by atoms with Gasteiger partial charge in [0.2, 0.25) is 11.8 Å². The first-order valence-electron chi connectivity index (χ1n) is 10.4. The number of nitrogens with zero attached hydrogens (tertiary/aromatic N) is 4. The first kappa shape index (κ1) is 22.2. The average Bonchev–Trinajstić information content (AvgIpc) is 2.91. The number of anilines is 2. The van der Waals surface area contributed by atoms with Gasteiger partial charge in [0, 0.05) is 38.9 Å². The van der Waals surface area contributed by atoms with Gasteiger partial charge in [-0.2, -0.15) is 13.2 Å². The van der Waals surface area contributed by atoms with Crippen LogP contribution in [0.2, 0.25) is 0 Å². The van der Waals surface area contributed by atoms with E-state index in [4.69, 9.17) is 0 Å². The van der Waals surface area contributed by atoms with Crippen molar-refractivity contribution in [3.63, 3.8) is 0 Å². The molecule has 0 saturated carbocycles. The molecule has 32 heavy (non-hydrogen) atoms. The number of aromatic nitrogens is 1. The minimum absolute atomic E-state index is 0.0689. The van der Waals surface area contributed by atoms with Gasteiger partial charge in [-0.1, -0.05) is 18.2 Å². The Labute approximate surface area is 183 Å². The fourth-order valence-corrected chi connectivity index (χ4v) is 4.09. The molecule has 10 heteroatoms. The van der Waals surface area contributed by atoms with Crippen LogP contribution in [-0.2, 0) is 16.1 Å².